The molecule has 0 fully saturated rings. The van der Waals surface area contributed by atoms with Crippen LogP contribution in [0, 0.1) is 0 Å². The smallest absolute Gasteiger partial charge is 0.119 e. The van der Waals surface area contributed by atoms with Gasteiger partial charge < -0.3 is 9.47 Å². The molecule has 3 aromatic rings. The Morgan fingerprint density at radius 1 is 0.769 bits per heavy atom. The number of hydrogen-bond donors (Lipinski definition) is 0. The maximum atomic E-state index is 5.43. The molecule has 130 valence electrons. The summed E-state index contributed by atoms with van der Waals surface area (Å²) in [6.07, 6.45) is 1.86. The molecule has 0 heterocycles. The van der Waals surface area contributed by atoms with E-state index in [9.17, 15) is 0 Å². The minimum absolute atomic E-state index is 0.885. The van der Waals surface area contributed by atoms with Crippen LogP contribution in [0.1, 0.15) is 22.3 Å². The van der Waals surface area contributed by atoms with Gasteiger partial charge in [0.1, 0.15) is 11.5 Å². The lowest BCUT2D eigenvalue weighted by Crippen LogP contribution is -1.92. The minimum Gasteiger partial charge on any atom is -0.497 e. The average molecular weight is 342 g/mol. The van der Waals surface area contributed by atoms with Gasteiger partial charge in [-0.1, -0.05) is 48.5 Å². The maximum absolute atomic E-state index is 5.43. The third kappa shape index (κ3) is 3.11. The first-order chi connectivity index (χ1) is 12.8. The summed E-state index contributed by atoms with van der Waals surface area (Å²) < 4.78 is 10.7. The Balaban J connectivity index is 1.79. The largest absolute Gasteiger partial charge is 0.497 e. The minimum atomic E-state index is 0.885. The second-order valence-corrected chi connectivity index (χ2v) is 6.55. The molecule has 26 heavy (non-hydrogen) atoms. The van der Waals surface area contributed by atoms with Gasteiger partial charge in [-0.3, -0.25) is 0 Å². The number of benzene rings is 3. The highest BCUT2D eigenvalue weighted by Crippen LogP contribution is 2.41. The third-order valence-corrected chi connectivity index (χ3v) is 5.03. The second-order valence-electron chi connectivity index (χ2n) is 6.55. The Hall–Kier alpha value is -3.00. The van der Waals surface area contributed by atoms with Crippen LogP contribution in [-0.4, -0.2) is 14.2 Å². The molecule has 3 aromatic carbocycles. The van der Waals surface area contributed by atoms with E-state index in [4.69, 9.17) is 9.47 Å². The monoisotopic (exact) mass is 342 g/mol. The second kappa shape index (κ2) is 7.09. The first-order valence-electron chi connectivity index (χ1n) is 8.86. The fourth-order valence-electron chi connectivity index (χ4n) is 3.67. The zero-order valence-electron chi connectivity index (χ0n) is 15.2. The Morgan fingerprint density at radius 3 is 2.15 bits per heavy atom. The van der Waals surface area contributed by atoms with Crippen molar-refractivity contribution >= 4 is 11.1 Å². The van der Waals surface area contributed by atoms with Crippen molar-refractivity contribution in [2.24, 2.45) is 0 Å². The van der Waals surface area contributed by atoms with Crippen molar-refractivity contribution in [2.45, 2.75) is 12.8 Å². The molecule has 0 saturated heterocycles. The van der Waals surface area contributed by atoms with E-state index in [-0.39, 0.29) is 0 Å². The molecule has 0 aliphatic heterocycles. The molecule has 0 aromatic heterocycles. The van der Waals surface area contributed by atoms with E-state index < -0.39 is 0 Å². The van der Waals surface area contributed by atoms with Crippen molar-refractivity contribution in [3.05, 3.63) is 95.1 Å². The van der Waals surface area contributed by atoms with Crippen molar-refractivity contribution in [3.8, 4) is 11.5 Å². The van der Waals surface area contributed by atoms with Gasteiger partial charge in [-0.05, 0) is 70.5 Å². The Bertz CT molecular complexity index is 938. The van der Waals surface area contributed by atoms with Crippen molar-refractivity contribution in [3.63, 3.8) is 0 Å². The predicted molar refractivity (Wildman–Crippen MR) is 107 cm³/mol. The van der Waals surface area contributed by atoms with Crippen LogP contribution in [0.25, 0.3) is 11.1 Å². The fraction of sp³-hybridized carbons (Fsp3) is 0.167. The van der Waals surface area contributed by atoms with Gasteiger partial charge in [-0.25, -0.2) is 0 Å². The van der Waals surface area contributed by atoms with Crippen molar-refractivity contribution in [1.29, 1.82) is 0 Å². The normalized spacial score (nSPS) is 12.8. The van der Waals surface area contributed by atoms with Crippen molar-refractivity contribution < 1.29 is 9.47 Å². The van der Waals surface area contributed by atoms with Crippen LogP contribution in [-0.2, 0) is 12.8 Å². The summed E-state index contributed by atoms with van der Waals surface area (Å²) in [5.74, 6) is 1.80. The molecule has 0 saturated carbocycles. The molecule has 0 amide bonds. The predicted octanol–water partition coefficient (Wildman–Crippen LogP) is 5.41. The molecular weight excluding hydrogens is 320 g/mol. The topological polar surface area (TPSA) is 18.5 Å². The van der Waals surface area contributed by atoms with E-state index in [1.54, 1.807) is 14.2 Å². The van der Waals surface area contributed by atoms with Gasteiger partial charge in [-0.2, -0.15) is 0 Å². The van der Waals surface area contributed by atoms with Gasteiger partial charge in [0.15, 0.2) is 0 Å². The van der Waals surface area contributed by atoms with Gasteiger partial charge >= 0.3 is 0 Å². The number of allylic oxidation sites excluding steroid dienone is 2. The third-order valence-electron chi connectivity index (χ3n) is 5.03. The molecule has 0 unspecified atom stereocenters. The van der Waals surface area contributed by atoms with E-state index >= 15 is 0 Å². The fourth-order valence-corrected chi connectivity index (χ4v) is 3.67. The molecule has 2 heteroatoms. The molecule has 2 nitrogen and oxygen atoms in total. The summed E-state index contributed by atoms with van der Waals surface area (Å²) >= 11 is 0. The average Bonchev–Trinajstić information content (AvgIpc) is 3.06. The summed E-state index contributed by atoms with van der Waals surface area (Å²) in [6, 6.07) is 25.5. The van der Waals surface area contributed by atoms with Crippen LogP contribution in [0.3, 0.4) is 0 Å². The van der Waals surface area contributed by atoms with E-state index in [0.717, 1.165) is 24.3 Å². The van der Waals surface area contributed by atoms with Crippen LogP contribution in [0.5, 0.6) is 11.5 Å². The summed E-state index contributed by atoms with van der Waals surface area (Å²) in [7, 11) is 3.42. The number of ether oxygens (including phenoxy) is 2. The van der Waals surface area contributed by atoms with Gasteiger partial charge in [0.05, 0.1) is 14.2 Å². The van der Waals surface area contributed by atoms with Gasteiger partial charge in [0.25, 0.3) is 0 Å². The molecule has 0 bridgehead atoms. The number of hydrogen-bond acceptors (Lipinski definition) is 2. The Labute approximate surface area is 154 Å². The molecule has 0 spiro atoms. The van der Waals surface area contributed by atoms with E-state index in [0.29, 0.717) is 0 Å². The zero-order valence-corrected chi connectivity index (χ0v) is 15.2. The van der Waals surface area contributed by atoms with Crippen LogP contribution in [0.2, 0.25) is 0 Å². The number of fused-ring (bicyclic) bond motifs is 1. The molecular formula is C24H22O2. The lowest BCUT2D eigenvalue weighted by Gasteiger charge is -2.10. The van der Waals surface area contributed by atoms with Gasteiger partial charge in [0.2, 0.25) is 0 Å². The van der Waals surface area contributed by atoms with Crippen LogP contribution < -0.4 is 9.47 Å². The molecule has 0 radical (unpaired) electrons. The van der Waals surface area contributed by atoms with E-state index in [2.05, 4.69) is 60.7 Å². The van der Waals surface area contributed by atoms with Crippen LogP contribution in [0.15, 0.2) is 72.8 Å². The highest BCUT2D eigenvalue weighted by atomic mass is 16.5. The molecule has 0 N–H and O–H groups in total. The summed E-state index contributed by atoms with van der Waals surface area (Å²) in [6.45, 7) is 0. The summed E-state index contributed by atoms with van der Waals surface area (Å²) in [5.41, 5.74) is 8.05. The van der Waals surface area contributed by atoms with E-state index in [1.165, 1.54) is 33.4 Å². The SMILES string of the molecule is COc1ccc(C2=C(Cc3ccccc3)c3ccc(OC)cc3C2)cc1. The van der Waals surface area contributed by atoms with Crippen LogP contribution >= 0.6 is 0 Å². The van der Waals surface area contributed by atoms with Crippen molar-refractivity contribution in [2.75, 3.05) is 14.2 Å². The van der Waals surface area contributed by atoms with Crippen LogP contribution in [0.4, 0.5) is 0 Å². The highest BCUT2D eigenvalue weighted by molar-refractivity contribution is 5.98. The van der Waals surface area contributed by atoms with Crippen molar-refractivity contribution in [1.82, 2.24) is 0 Å². The van der Waals surface area contributed by atoms with Gasteiger partial charge in [-0.15, -0.1) is 0 Å². The number of rotatable bonds is 5. The lowest BCUT2D eigenvalue weighted by atomic mass is 9.95. The summed E-state index contributed by atoms with van der Waals surface area (Å²) in [4.78, 5) is 0. The molecule has 1 aliphatic carbocycles. The quantitative estimate of drug-likeness (QED) is 0.617. The first-order valence-corrected chi connectivity index (χ1v) is 8.86. The highest BCUT2D eigenvalue weighted by Gasteiger charge is 2.23. The summed E-state index contributed by atoms with van der Waals surface area (Å²) in [5, 5.41) is 0. The molecule has 1 aliphatic rings. The van der Waals surface area contributed by atoms with E-state index in [1.807, 2.05) is 12.1 Å². The maximum Gasteiger partial charge on any atom is 0.119 e. The number of methoxy groups -OCH3 is 2. The van der Waals surface area contributed by atoms with Gasteiger partial charge in [0, 0.05) is 0 Å². The standard InChI is InChI=1S/C24H22O2/c1-25-20-10-8-18(9-11-20)23-16-19-15-21(26-2)12-13-22(19)24(23)14-17-6-4-3-5-7-17/h3-13,15H,14,16H2,1-2H3. The lowest BCUT2D eigenvalue weighted by molar-refractivity contribution is 0.414. The molecule has 0 atom stereocenters. The first kappa shape index (κ1) is 16.5. The Morgan fingerprint density at radius 2 is 1.46 bits per heavy atom. The molecule has 4 rings (SSSR count). The zero-order chi connectivity index (χ0) is 17.9. The Kier molecular flexibility index (Phi) is 4.49.